The van der Waals surface area contributed by atoms with E-state index < -0.39 is 0 Å². The number of urea groups is 1. The van der Waals surface area contributed by atoms with Crippen LogP contribution in [0, 0.1) is 17.8 Å². The van der Waals surface area contributed by atoms with E-state index in [0.29, 0.717) is 11.6 Å². The molecule has 1 aromatic rings. The highest BCUT2D eigenvalue weighted by Crippen LogP contribution is 2.55. The van der Waals surface area contributed by atoms with Gasteiger partial charge in [0, 0.05) is 19.6 Å². The number of rotatable bonds is 3. The zero-order chi connectivity index (χ0) is 16.2. The minimum Gasteiger partial charge on any atom is -0.333 e. The SMILES string of the molecule is CN(Cc1c(Cl)cnn1C)C(=O)NC12CC3CC(CC(C3)C1)C2. The number of carbonyl (C=O) groups is 1. The first kappa shape index (κ1) is 15.3. The molecule has 0 aliphatic heterocycles. The molecule has 0 saturated heterocycles. The minimum absolute atomic E-state index is 0.0178. The van der Waals surface area contributed by atoms with E-state index in [4.69, 9.17) is 11.6 Å². The van der Waals surface area contributed by atoms with Gasteiger partial charge in [0.05, 0.1) is 23.5 Å². The molecule has 5 nitrogen and oxygen atoms in total. The van der Waals surface area contributed by atoms with Gasteiger partial charge in [-0.1, -0.05) is 11.6 Å². The highest BCUT2D eigenvalue weighted by Gasteiger charge is 2.51. The molecule has 6 heteroatoms. The first-order valence-corrected chi connectivity index (χ1v) is 9.01. The number of halogens is 1. The summed E-state index contributed by atoms with van der Waals surface area (Å²) in [6, 6.07) is 0.0178. The fraction of sp³-hybridized carbons (Fsp3) is 0.765. The molecule has 126 valence electrons. The topological polar surface area (TPSA) is 50.2 Å². The number of hydrogen-bond acceptors (Lipinski definition) is 2. The summed E-state index contributed by atoms with van der Waals surface area (Å²) in [7, 11) is 3.69. The lowest BCUT2D eigenvalue weighted by Crippen LogP contribution is -2.61. The highest BCUT2D eigenvalue weighted by atomic mass is 35.5. The Hall–Kier alpha value is -1.23. The molecule has 5 rings (SSSR count). The Balaban J connectivity index is 1.43. The summed E-state index contributed by atoms with van der Waals surface area (Å²) in [6.07, 6.45) is 9.30. The monoisotopic (exact) mass is 336 g/mol. The third-order valence-corrected chi connectivity index (χ3v) is 6.47. The van der Waals surface area contributed by atoms with Gasteiger partial charge in [0.25, 0.3) is 0 Å². The number of nitrogens with zero attached hydrogens (tertiary/aromatic N) is 3. The zero-order valence-electron chi connectivity index (χ0n) is 13.9. The molecule has 0 atom stereocenters. The summed E-state index contributed by atoms with van der Waals surface area (Å²) in [6.45, 7) is 0.480. The van der Waals surface area contributed by atoms with Gasteiger partial charge in [-0.3, -0.25) is 4.68 Å². The first-order valence-electron chi connectivity index (χ1n) is 8.64. The third kappa shape index (κ3) is 2.73. The van der Waals surface area contributed by atoms with E-state index in [-0.39, 0.29) is 11.6 Å². The van der Waals surface area contributed by atoms with Crippen molar-refractivity contribution in [3.8, 4) is 0 Å². The lowest BCUT2D eigenvalue weighted by atomic mass is 9.53. The standard InChI is InChI=1S/C17H25ClN4O/c1-21(10-15-14(18)9-19-22(15)2)16(23)20-17-6-11-3-12(7-17)5-13(4-11)8-17/h9,11-13H,3-8,10H2,1-2H3,(H,20,23). The molecule has 2 amide bonds. The molecule has 4 fully saturated rings. The summed E-state index contributed by atoms with van der Waals surface area (Å²) < 4.78 is 1.73. The largest absolute Gasteiger partial charge is 0.333 e. The molecule has 0 radical (unpaired) electrons. The fourth-order valence-electron chi connectivity index (χ4n) is 5.50. The van der Waals surface area contributed by atoms with E-state index in [0.717, 1.165) is 23.4 Å². The maximum Gasteiger partial charge on any atom is 0.317 e. The number of amides is 2. The van der Waals surface area contributed by atoms with Crippen molar-refractivity contribution in [1.29, 1.82) is 0 Å². The smallest absolute Gasteiger partial charge is 0.317 e. The Morgan fingerprint density at radius 3 is 2.39 bits per heavy atom. The molecule has 23 heavy (non-hydrogen) atoms. The number of nitrogens with one attached hydrogen (secondary N) is 1. The minimum atomic E-state index is 0.0178. The van der Waals surface area contributed by atoms with Crippen LogP contribution in [0.15, 0.2) is 6.20 Å². The van der Waals surface area contributed by atoms with Crippen LogP contribution >= 0.6 is 11.6 Å². The van der Waals surface area contributed by atoms with Gasteiger partial charge in [-0.2, -0.15) is 5.10 Å². The Kier molecular flexibility index (Phi) is 3.59. The molecule has 4 aliphatic carbocycles. The maximum atomic E-state index is 12.7. The van der Waals surface area contributed by atoms with Crippen molar-refractivity contribution in [2.45, 2.75) is 50.6 Å². The van der Waals surface area contributed by atoms with E-state index in [1.807, 2.05) is 14.1 Å². The van der Waals surface area contributed by atoms with Crippen molar-refractivity contribution >= 4 is 17.6 Å². The van der Waals surface area contributed by atoms with Gasteiger partial charge in [-0.05, 0) is 56.3 Å². The number of aryl methyl sites for hydroxylation is 1. The summed E-state index contributed by atoms with van der Waals surface area (Å²) in [5, 5.41) is 8.14. The van der Waals surface area contributed by atoms with Crippen molar-refractivity contribution in [3.05, 3.63) is 16.9 Å². The quantitative estimate of drug-likeness (QED) is 0.921. The summed E-state index contributed by atoms with van der Waals surface area (Å²) in [5.41, 5.74) is 0.922. The van der Waals surface area contributed by atoms with Crippen LogP contribution in [0.2, 0.25) is 5.02 Å². The Labute approximate surface area is 142 Å². The van der Waals surface area contributed by atoms with Gasteiger partial charge in [-0.25, -0.2) is 4.79 Å². The average Bonchev–Trinajstić information content (AvgIpc) is 2.77. The predicted molar refractivity (Wildman–Crippen MR) is 89.1 cm³/mol. The fourth-order valence-corrected chi connectivity index (χ4v) is 5.72. The van der Waals surface area contributed by atoms with E-state index in [1.54, 1.807) is 15.8 Å². The van der Waals surface area contributed by atoms with Gasteiger partial charge in [0.2, 0.25) is 0 Å². The van der Waals surface area contributed by atoms with Crippen LogP contribution in [0.5, 0.6) is 0 Å². The van der Waals surface area contributed by atoms with E-state index in [2.05, 4.69) is 10.4 Å². The van der Waals surface area contributed by atoms with Crippen molar-refractivity contribution in [2.24, 2.45) is 24.8 Å². The van der Waals surface area contributed by atoms with Crippen LogP contribution in [0.25, 0.3) is 0 Å². The maximum absolute atomic E-state index is 12.7. The molecular weight excluding hydrogens is 312 g/mol. The molecule has 0 spiro atoms. The van der Waals surface area contributed by atoms with E-state index in [9.17, 15) is 4.79 Å². The second-order valence-corrected chi connectivity index (χ2v) is 8.45. The van der Waals surface area contributed by atoms with Gasteiger partial charge >= 0.3 is 6.03 Å². The third-order valence-electron chi connectivity index (χ3n) is 6.15. The van der Waals surface area contributed by atoms with Crippen molar-refractivity contribution in [2.75, 3.05) is 7.05 Å². The lowest BCUT2D eigenvalue weighted by Gasteiger charge is -2.57. The van der Waals surface area contributed by atoms with E-state index in [1.165, 1.54) is 38.5 Å². The molecule has 4 bridgehead atoms. The number of aromatic nitrogens is 2. The number of carbonyl (C=O) groups excluding carboxylic acids is 1. The van der Waals surface area contributed by atoms with Crippen LogP contribution in [0.1, 0.15) is 44.2 Å². The van der Waals surface area contributed by atoms with Crippen molar-refractivity contribution in [3.63, 3.8) is 0 Å². The molecule has 4 saturated carbocycles. The Bertz CT molecular complexity index is 571. The highest BCUT2D eigenvalue weighted by molar-refractivity contribution is 6.31. The summed E-state index contributed by atoms with van der Waals surface area (Å²) >= 11 is 6.15. The second kappa shape index (κ2) is 5.40. The number of hydrogen-bond donors (Lipinski definition) is 1. The molecule has 1 heterocycles. The van der Waals surface area contributed by atoms with Gasteiger partial charge in [-0.15, -0.1) is 0 Å². The first-order chi connectivity index (χ1) is 10.9. The molecule has 1 aromatic heterocycles. The van der Waals surface area contributed by atoms with Crippen LogP contribution in [0.4, 0.5) is 4.79 Å². The lowest BCUT2D eigenvalue weighted by molar-refractivity contribution is -0.0154. The molecule has 0 aromatic carbocycles. The molecule has 0 unspecified atom stereocenters. The zero-order valence-corrected chi connectivity index (χ0v) is 14.6. The predicted octanol–water partition coefficient (Wildman–Crippen LogP) is 3.18. The van der Waals surface area contributed by atoms with Gasteiger partial charge < -0.3 is 10.2 Å². The Morgan fingerprint density at radius 2 is 1.91 bits per heavy atom. The normalized spacial score (nSPS) is 34.7. The summed E-state index contributed by atoms with van der Waals surface area (Å²) in [5.74, 6) is 2.50. The second-order valence-electron chi connectivity index (χ2n) is 8.05. The van der Waals surface area contributed by atoms with Gasteiger partial charge in [0.1, 0.15) is 0 Å². The van der Waals surface area contributed by atoms with Crippen LogP contribution in [0.3, 0.4) is 0 Å². The molecule has 4 aliphatic rings. The Morgan fingerprint density at radius 1 is 1.35 bits per heavy atom. The van der Waals surface area contributed by atoms with Gasteiger partial charge in [0.15, 0.2) is 0 Å². The molecular formula is C17H25ClN4O. The van der Waals surface area contributed by atoms with Crippen LogP contribution in [-0.2, 0) is 13.6 Å². The van der Waals surface area contributed by atoms with Crippen molar-refractivity contribution < 1.29 is 4.79 Å². The van der Waals surface area contributed by atoms with Crippen LogP contribution < -0.4 is 5.32 Å². The van der Waals surface area contributed by atoms with E-state index >= 15 is 0 Å². The molecule has 1 N–H and O–H groups in total. The summed E-state index contributed by atoms with van der Waals surface area (Å²) in [4.78, 5) is 14.4. The van der Waals surface area contributed by atoms with Crippen LogP contribution in [-0.4, -0.2) is 33.3 Å². The average molecular weight is 337 g/mol. The van der Waals surface area contributed by atoms with Crippen molar-refractivity contribution in [1.82, 2.24) is 20.0 Å².